The second kappa shape index (κ2) is 5.90. The summed E-state index contributed by atoms with van der Waals surface area (Å²) < 4.78 is 0. The summed E-state index contributed by atoms with van der Waals surface area (Å²) in [5.41, 5.74) is 7.23. The molecule has 5 rings (SSSR count). The normalized spacial score (nSPS) is 45.5. The van der Waals surface area contributed by atoms with Crippen molar-refractivity contribution in [3.8, 4) is 0 Å². The van der Waals surface area contributed by atoms with Crippen LogP contribution in [0.3, 0.4) is 0 Å². The van der Waals surface area contributed by atoms with E-state index in [0.29, 0.717) is 23.2 Å². The average molecular weight is 381 g/mol. The van der Waals surface area contributed by atoms with Crippen LogP contribution in [0.4, 0.5) is 0 Å². The molecule has 4 fully saturated rings. The Kier molecular flexibility index (Phi) is 3.86. The first-order valence-corrected chi connectivity index (χ1v) is 11.0. The lowest BCUT2D eigenvalue weighted by atomic mass is 9.43. The van der Waals surface area contributed by atoms with Crippen LogP contribution in [0.15, 0.2) is 28.8 Å². The Balaban J connectivity index is 1.52. The van der Waals surface area contributed by atoms with Crippen molar-refractivity contribution in [3.63, 3.8) is 0 Å². The molecule has 0 amide bonds. The standard InChI is InChI=1S/C24H32N2O2/c1-22-8-7-16(27)11-15(22)3-4-17-18-5-6-19(20(28)12-26-14-25)23(18,2)13-24(9-10-24)21(17)22/h7-8,11,14,17-19,21H,3-6,9-10,12-13H2,1-2H3,(H2,25,26). The highest BCUT2D eigenvalue weighted by Crippen LogP contribution is 2.77. The average Bonchev–Trinajstić information content (AvgIpc) is 3.31. The van der Waals surface area contributed by atoms with Gasteiger partial charge in [-0.3, -0.25) is 14.6 Å². The summed E-state index contributed by atoms with van der Waals surface area (Å²) in [6.07, 6.45) is 15.3. The number of hydrogen-bond donors (Lipinski definition) is 1. The molecule has 28 heavy (non-hydrogen) atoms. The Morgan fingerprint density at radius 3 is 2.79 bits per heavy atom. The minimum atomic E-state index is 0.0284. The molecule has 0 bridgehead atoms. The number of rotatable bonds is 3. The molecule has 0 aromatic heterocycles. The van der Waals surface area contributed by atoms with Crippen molar-refractivity contribution < 1.29 is 9.59 Å². The van der Waals surface area contributed by atoms with Crippen molar-refractivity contribution in [1.82, 2.24) is 0 Å². The molecule has 0 aromatic rings. The van der Waals surface area contributed by atoms with Crippen molar-refractivity contribution in [3.05, 3.63) is 23.8 Å². The van der Waals surface area contributed by atoms with E-state index in [1.54, 1.807) is 0 Å². The monoisotopic (exact) mass is 380 g/mol. The quantitative estimate of drug-likeness (QED) is 0.597. The van der Waals surface area contributed by atoms with E-state index >= 15 is 0 Å². The molecule has 6 unspecified atom stereocenters. The van der Waals surface area contributed by atoms with E-state index in [1.165, 1.54) is 37.6 Å². The summed E-state index contributed by atoms with van der Waals surface area (Å²) in [7, 11) is 0. The van der Waals surface area contributed by atoms with E-state index in [0.717, 1.165) is 19.3 Å². The van der Waals surface area contributed by atoms with Crippen LogP contribution in [0.25, 0.3) is 0 Å². The number of aliphatic imine (C=N–C) groups is 1. The first-order valence-electron chi connectivity index (χ1n) is 11.0. The maximum Gasteiger partial charge on any atom is 0.178 e. The predicted molar refractivity (Wildman–Crippen MR) is 110 cm³/mol. The van der Waals surface area contributed by atoms with Crippen LogP contribution in [0, 0.1) is 39.9 Å². The summed E-state index contributed by atoms with van der Waals surface area (Å²) in [5.74, 6) is 2.47. The molecule has 4 saturated carbocycles. The van der Waals surface area contributed by atoms with Gasteiger partial charge in [0.1, 0.15) is 0 Å². The van der Waals surface area contributed by atoms with E-state index in [2.05, 4.69) is 24.9 Å². The van der Waals surface area contributed by atoms with E-state index in [4.69, 9.17) is 5.73 Å². The summed E-state index contributed by atoms with van der Waals surface area (Å²) in [4.78, 5) is 29.0. The third-order valence-electron chi connectivity index (χ3n) is 9.38. The highest BCUT2D eigenvalue weighted by atomic mass is 16.1. The Labute approximate surface area is 167 Å². The van der Waals surface area contributed by atoms with Crippen LogP contribution in [0.2, 0.25) is 0 Å². The van der Waals surface area contributed by atoms with Crippen LogP contribution in [-0.4, -0.2) is 24.4 Å². The number of hydrogen-bond acceptors (Lipinski definition) is 3. The van der Waals surface area contributed by atoms with Crippen LogP contribution < -0.4 is 5.73 Å². The van der Waals surface area contributed by atoms with Gasteiger partial charge in [-0.15, -0.1) is 0 Å². The van der Waals surface area contributed by atoms with Gasteiger partial charge in [0.25, 0.3) is 0 Å². The Bertz CT molecular complexity index is 820. The molecular weight excluding hydrogens is 348 g/mol. The molecule has 1 spiro atoms. The molecule has 5 aliphatic carbocycles. The zero-order chi connectivity index (χ0) is 19.7. The topological polar surface area (TPSA) is 72.5 Å². The number of nitrogens with two attached hydrogens (primary N) is 1. The second-order valence-electron chi connectivity index (χ2n) is 10.6. The second-order valence-corrected chi connectivity index (χ2v) is 10.6. The maximum absolute atomic E-state index is 13.0. The molecule has 0 aliphatic heterocycles. The van der Waals surface area contributed by atoms with Crippen molar-refractivity contribution in [2.45, 2.75) is 58.8 Å². The van der Waals surface area contributed by atoms with Gasteiger partial charge >= 0.3 is 0 Å². The van der Waals surface area contributed by atoms with Gasteiger partial charge < -0.3 is 5.73 Å². The van der Waals surface area contributed by atoms with Crippen molar-refractivity contribution in [2.24, 2.45) is 50.6 Å². The number of carbonyl (C=O) groups is 2. The van der Waals surface area contributed by atoms with E-state index < -0.39 is 0 Å². The Morgan fingerprint density at radius 2 is 2.07 bits per heavy atom. The molecular formula is C24H32N2O2. The van der Waals surface area contributed by atoms with Gasteiger partial charge in [0.15, 0.2) is 11.6 Å². The van der Waals surface area contributed by atoms with Gasteiger partial charge in [0, 0.05) is 11.3 Å². The molecule has 0 heterocycles. The van der Waals surface area contributed by atoms with Crippen molar-refractivity contribution in [1.29, 1.82) is 0 Å². The zero-order valence-corrected chi connectivity index (χ0v) is 17.1. The van der Waals surface area contributed by atoms with E-state index in [-0.39, 0.29) is 34.9 Å². The van der Waals surface area contributed by atoms with Crippen LogP contribution in [0.1, 0.15) is 58.8 Å². The number of carbonyl (C=O) groups excluding carboxylic acids is 2. The summed E-state index contributed by atoms with van der Waals surface area (Å²) in [5, 5.41) is 0. The van der Waals surface area contributed by atoms with Gasteiger partial charge in [-0.1, -0.05) is 25.5 Å². The lowest BCUT2D eigenvalue weighted by molar-refractivity contribution is -0.132. The Morgan fingerprint density at radius 1 is 1.29 bits per heavy atom. The molecule has 4 heteroatoms. The van der Waals surface area contributed by atoms with Crippen molar-refractivity contribution >= 4 is 17.9 Å². The smallest absolute Gasteiger partial charge is 0.178 e. The van der Waals surface area contributed by atoms with Gasteiger partial charge in [0.05, 0.1) is 12.9 Å². The van der Waals surface area contributed by atoms with Crippen LogP contribution >= 0.6 is 0 Å². The molecule has 4 nitrogen and oxygen atoms in total. The van der Waals surface area contributed by atoms with Gasteiger partial charge in [-0.2, -0.15) is 0 Å². The molecule has 2 N–H and O–H groups in total. The highest BCUT2D eigenvalue weighted by molar-refractivity contribution is 6.01. The van der Waals surface area contributed by atoms with E-state index in [9.17, 15) is 9.59 Å². The van der Waals surface area contributed by atoms with E-state index in [1.807, 2.05) is 12.2 Å². The minimum absolute atomic E-state index is 0.0284. The molecule has 0 aromatic carbocycles. The minimum Gasteiger partial charge on any atom is -0.390 e. The predicted octanol–water partition coefficient (Wildman–Crippen LogP) is 3.86. The fourth-order valence-electron chi connectivity index (χ4n) is 8.36. The Hall–Kier alpha value is -1.71. The zero-order valence-electron chi connectivity index (χ0n) is 17.1. The van der Waals surface area contributed by atoms with Gasteiger partial charge in [0.2, 0.25) is 0 Å². The third-order valence-corrected chi connectivity index (χ3v) is 9.38. The van der Waals surface area contributed by atoms with Gasteiger partial charge in [-0.25, -0.2) is 0 Å². The SMILES string of the molecule is CC12C=CC(=O)C=C1CCC1C2C2(CC2)CC2(C)C(C(=O)CN=CN)CCC12. The maximum atomic E-state index is 13.0. The van der Waals surface area contributed by atoms with Crippen molar-refractivity contribution in [2.75, 3.05) is 6.54 Å². The molecule has 150 valence electrons. The molecule has 0 radical (unpaired) electrons. The highest BCUT2D eigenvalue weighted by Gasteiger charge is 2.70. The fourth-order valence-corrected chi connectivity index (χ4v) is 8.36. The van der Waals surface area contributed by atoms with Crippen LogP contribution in [-0.2, 0) is 9.59 Å². The summed E-state index contributed by atoms with van der Waals surface area (Å²) >= 11 is 0. The number of allylic oxidation sites excluding steroid dienone is 4. The first-order chi connectivity index (χ1) is 13.3. The van der Waals surface area contributed by atoms with Gasteiger partial charge in [-0.05, 0) is 85.7 Å². The number of fused-ring (bicyclic) bond motifs is 6. The summed E-state index contributed by atoms with van der Waals surface area (Å²) in [6.45, 7) is 5.03. The number of nitrogens with zero attached hydrogens (tertiary/aromatic N) is 1. The lowest BCUT2D eigenvalue weighted by Crippen LogP contribution is -2.55. The molecule has 0 saturated heterocycles. The lowest BCUT2D eigenvalue weighted by Gasteiger charge is -2.60. The molecule has 5 aliphatic rings. The summed E-state index contributed by atoms with van der Waals surface area (Å²) in [6, 6.07) is 0. The number of ketones is 2. The third kappa shape index (κ3) is 2.32. The molecule has 6 atom stereocenters. The first kappa shape index (κ1) is 18.3. The largest absolute Gasteiger partial charge is 0.390 e. The number of Topliss-reactive ketones (excluding diaryl/α,β-unsaturated/α-hetero) is 1. The fraction of sp³-hybridized carbons (Fsp3) is 0.708. The van der Waals surface area contributed by atoms with Crippen LogP contribution in [0.5, 0.6) is 0 Å².